The van der Waals surface area contributed by atoms with Crippen molar-refractivity contribution in [1.29, 1.82) is 0 Å². The summed E-state index contributed by atoms with van der Waals surface area (Å²) in [5, 5.41) is 4.52. The summed E-state index contributed by atoms with van der Waals surface area (Å²) in [5.41, 5.74) is 1.46. The van der Waals surface area contributed by atoms with Crippen LogP contribution in [0.5, 0.6) is 0 Å². The Morgan fingerprint density at radius 1 is 0.943 bits per heavy atom. The lowest BCUT2D eigenvalue weighted by Gasteiger charge is -2.35. The number of aromatic nitrogens is 2. The van der Waals surface area contributed by atoms with Gasteiger partial charge in [-0.1, -0.05) is 11.6 Å². The van der Waals surface area contributed by atoms with Crippen molar-refractivity contribution in [3.8, 4) is 0 Å². The van der Waals surface area contributed by atoms with Gasteiger partial charge < -0.3 is 15.1 Å². The first kappa shape index (κ1) is 27.2. The number of rotatable bonds is 5. The summed E-state index contributed by atoms with van der Waals surface area (Å²) in [6, 6.07) is 11.8. The van der Waals surface area contributed by atoms with Crippen molar-refractivity contribution < 1.29 is 9.18 Å². The van der Waals surface area contributed by atoms with Gasteiger partial charge in [-0.2, -0.15) is 4.98 Å². The third kappa shape index (κ3) is 6.44. The van der Waals surface area contributed by atoms with Crippen molar-refractivity contribution in [2.75, 3.05) is 56.0 Å². The van der Waals surface area contributed by atoms with Crippen LogP contribution in [-0.2, 0) is 4.79 Å². The van der Waals surface area contributed by atoms with E-state index in [4.69, 9.17) is 16.6 Å². The highest BCUT2D eigenvalue weighted by Gasteiger charge is 2.25. The van der Waals surface area contributed by atoms with E-state index in [1.807, 2.05) is 17.0 Å². The zero-order chi connectivity index (χ0) is 22.8. The van der Waals surface area contributed by atoms with E-state index in [0.717, 1.165) is 18.8 Å². The Balaban J connectivity index is 0.00000171. The first-order valence-electron chi connectivity index (χ1n) is 11.3. The van der Waals surface area contributed by atoms with E-state index in [-0.39, 0.29) is 36.5 Å². The number of nitrogens with zero attached hydrogens (tertiary/aromatic N) is 5. The number of hydrogen-bond acceptors (Lipinski definition) is 6. The average Bonchev–Trinajstić information content (AvgIpc) is 3.34. The van der Waals surface area contributed by atoms with Crippen molar-refractivity contribution in [2.45, 2.75) is 12.8 Å². The van der Waals surface area contributed by atoms with Gasteiger partial charge in [0.1, 0.15) is 11.6 Å². The molecule has 2 aliphatic rings. The van der Waals surface area contributed by atoms with Gasteiger partial charge in [-0.15, -0.1) is 24.8 Å². The van der Waals surface area contributed by atoms with Crippen molar-refractivity contribution >= 4 is 70.7 Å². The lowest BCUT2D eigenvalue weighted by molar-refractivity contribution is -0.132. The van der Waals surface area contributed by atoms with Crippen LogP contribution in [0.3, 0.4) is 0 Å². The maximum absolute atomic E-state index is 14.0. The predicted molar refractivity (Wildman–Crippen MR) is 143 cm³/mol. The van der Waals surface area contributed by atoms with Crippen LogP contribution in [0.15, 0.2) is 42.5 Å². The average molecular weight is 542 g/mol. The quantitative estimate of drug-likeness (QED) is 0.503. The van der Waals surface area contributed by atoms with Gasteiger partial charge in [0.25, 0.3) is 0 Å². The molecule has 2 saturated heterocycles. The molecule has 7 nitrogen and oxygen atoms in total. The molecule has 0 radical (unpaired) electrons. The highest BCUT2D eigenvalue weighted by Crippen LogP contribution is 2.28. The maximum Gasteiger partial charge on any atom is 0.236 e. The maximum atomic E-state index is 14.0. The SMILES string of the molecule is Cl.Cl.O=C(CN1CCCC1)N1CCN(c2nc(Nc3ccc(Cl)cc3)c3cc(F)ccc3n2)CC1. The second-order valence-corrected chi connectivity index (χ2v) is 8.95. The standard InChI is InChI=1S/C24H26ClFN6O.2ClH/c25-17-3-6-19(7-4-17)27-23-20-15-18(26)5-8-21(20)28-24(29-23)32-13-11-31(12-14-32)22(33)16-30-9-1-2-10-30;;/h3-8,15H,1-2,9-14,16H2,(H,27,28,29);2*1H. The third-order valence-corrected chi connectivity index (χ3v) is 6.48. The summed E-state index contributed by atoms with van der Waals surface area (Å²) in [4.78, 5) is 28.3. The number of nitrogens with one attached hydrogen (secondary N) is 1. The molecule has 0 saturated carbocycles. The summed E-state index contributed by atoms with van der Waals surface area (Å²) >= 11 is 6.00. The van der Waals surface area contributed by atoms with E-state index in [0.29, 0.717) is 60.4 Å². The van der Waals surface area contributed by atoms with Crippen LogP contribution in [0.2, 0.25) is 5.02 Å². The molecular formula is C24H28Cl3FN6O. The molecule has 1 amide bonds. The topological polar surface area (TPSA) is 64.6 Å². The van der Waals surface area contributed by atoms with E-state index in [1.165, 1.54) is 25.0 Å². The number of piperazine rings is 1. The molecule has 11 heteroatoms. The van der Waals surface area contributed by atoms with Crippen LogP contribution in [-0.4, -0.2) is 71.5 Å². The third-order valence-electron chi connectivity index (χ3n) is 6.23. The van der Waals surface area contributed by atoms with Gasteiger partial charge in [0.05, 0.1) is 12.1 Å². The van der Waals surface area contributed by atoms with E-state index < -0.39 is 0 Å². The van der Waals surface area contributed by atoms with Crippen molar-refractivity contribution in [3.05, 3.63) is 53.3 Å². The Bertz CT molecular complexity index is 1150. The molecule has 1 aromatic heterocycles. The summed E-state index contributed by atoms with van der Waals surface area (Å²) in [6.07, 6.45) is 2.35. The van der Waals surface area contributed by atoms with Gasteiger partial charge >= 0.3 is 0 Å². The molecule has 2 aromatic carbocycles. The van der Waals surface area contributed by atoms with Crippen molar-refractivity contribution in [3.63, 3.8) is 0 Å². The number of hydrogen-bond donors (Lipinski definition) is 1. The van der Waals surface area contributed by atoms with Crippen molar-refractivity contribution in [2.24, 2.45) is 0 Å². The molecular weight excluding hydrogens is 514 g/mol. The van der Waals surface area contributed by atoms with Gasteiger partial charge in [0.2, 0.25) is 11.9 Å². The summed E-state index contributed by atoms with van der Waals surface area (Å²) in [5.74, 6) is 0.946. The molecule has 1 N–H and O–H groups in total. The molecule has 0 atom stereocenters. The number of fused-ring (bicyclic) bond motifs is 1. The van der Waals surface area contributed by atoms with Crippen LogP contribution < -0.4 is 10.2 Å². The molecule has 0 bridgehead atoms. The fraction of sp³-hybridized carbons (Fsp3) is 0.375. The highest BCUT2D eigenvalue weighted by atomic mass is 35.5. The minimum Gasteiger partial charge on any atom is -0.340 e. The number of amides is 1. The summed E-state index contributed by atoms with van der Waals surface area (Å²) in [6.45, 7) is 5.11. The summed E-state index contributed by atoms with van der Waals surface area (Å²) in [7, 11) is 0. The zero-order valence-corrected chi connectivity index (χ0v) is 21.5. The molecule has 2 fully saturated rings. The first-order valence-corrected chi connectivity index (χ1v) is 11.7. The Morgan fingerprint density at radius 3 is 2.31 bits per heavy atom. The first-order chi connectivity index (χ1) is 16.0. The largest absolute Gasteiger partial charge is 0.340 e. The van der Waals surface area contributed by atoms with Crippen LogP contribution in [0.4, 0.5) is 21.8 Å². The number of carbonyl (C=O) groups is 1. The Morgan fingerprint density at radius 2 is 1.63 bits per heavy atom. The molecule has 3 heterocycles. The van der Waals surface area contributed by atoms with Gasteiger partial charge in [-0.3, -0.25) is 9.69 Å². The van der Waals surface area contributed by atoms with Gasteiger partial charge in [0.15, 0.2) is 0 Å². The zero-order valence-electron chi connectivity index (χ0n) is 19.1. The molecule has 0 aliphatic carbocycles. The molecule has 0 spiro atoms. The Labute approximate surface area is 221 Å². The fourth-order valence-corrected chi connectivity index (χ4v) is 4.51. The number of carbonyl (C=O) groups excluding carboxylic acids is 1. The van der Waals surface area contributed by atoms with E-state index in [1.54, 1.807) is 18.2 Å². The van der Waals surface area contributed by atoms with Crippen molar-refractivity contribution in [1.82, 2.24) is 19.8 Å². The monoisotopic (exact) mass is 540 g/mol. The minimum absolute atomic E-state index is 0. The number of anilines is 3. The van der Waals surface area contributed by atoms with Crippen LogP contribution in [0, 0.1) is 5.82 Å². The molecule has 2 aliphatic heterocycles. The van der Waals surface area contributed by atoms with Gasteiger partial charge in [-0.05, 0) is 68.4 Å². The molecule has 188 valence electrons. The Kier molecular flexibility index (Phi) is 9.35. The predicted octanol–water partition coefficient (Wildman–Crippen LogP) is 4.75. The number of likely N-dealkylation sites (tertiary alicyclic amines) is 1. The molecule has 3 aromatic rings. The van der Waals surface area contributed by atoms with Crippen LogP contribution in [0.1, 0.15) is 12.8 Å². The smallest absolute Gasteiger partial charge is 0.236 e. The van der Waals surface area contributed by atoms with Gasteiger partial charge in [0, 0.05) is 42.3 Å². The molecule has 35 heavy (non-hydrogen) atoms. The van der Waals surface area contributed by atoms with E-state index >= 15 is 0 Å². The number of benzene rings is 2. The van der Waals surface area contributed by atoms with E-state index in [9.17, 15) is 9.18 Å². The van der Waals surface area contributed by atoms with Gasteiger partial charge in [-0.25, -0.2) is 9.37 Å². The molecule has 0 unspecified atom stereocenters. The molecule has 5 rings (SSSR count). The number of halogens is 4. The van der Waals surface area contributed by atoms with E-state index in [2.05, 4.69) is 20.1 Å². The summed E-state index contributed by atoms with van der Waals surface area (Å²) < 4.78 is 14.0. The lowest BCUT2D eigenvalue weighted by atomic mass is 10.2. The fourth-order valence-electron chi connectivity index (χ4n) is 4.38. The lowest BCUT2D eigenvalue weighted by Crippen LogP contribution is -2.51. The minimum atomic E-state index is -0.344. The van der Waals surface area contributed by atoms with Crippen LogP contribution in [0.25, 0.3) is 10.9 Å². The van der Waals surface area contributed by atoms with Crippen LogP contribution >= 0.6 is 36.4 Å². The Hall–Kier alpha value is -2.39. The second kappa shape index (κ2) is 12.0. The second-order valence-electron chi connectivity index (χ2n) is 8.52. The normalized spacial score (nSPS) is 16.1. The highest BCUT2D eigenvalue weighted by molar-refractivity contribution is 6.30.